The molecule has 0 fully saturated rings. The summed E-state index contributed by atoms with van der Waals surface area (Å²) in [5.41, 5.74) is 2.70. The van der Waals surface area contributed by atoms with Gasteiger partial charge in [-0.25, -0.2) is 4.98 Å². The van der Waals surface area contributed by atoms with E-state index in [1.807, 2.05) is 14.0 Å². The second-order valence-corrected chi connectivity index (χ2v) is 7.35. The third kappa shape index (κ3) is 3.06. The molecular formula is C18H20N4OS. The van der Waals surface area contributed by atoms with E-state index in [0.717, 1.165) is 18.0 Å². The molecule has 0 unspecified atom stereocenters. The molecule has 6 heteroatoms. The Balaban J connectivity index is 1.50. The van der Waals surface area contributed by atoms with E-state index >= 15 is 0 Å². The van der Waals surface area contributed by atoms with E-state index in [9.17, 15) is 0 Å². The summed E-state index contributed by atoms with van der Waals surface area (Å²) in [6, 6.07) is 10.8. The highest BCUT2D eigenvalue weighted by Crippen LogP contribution is 2.37. The van der Waals surface area contributed by atoms with Crippen LogP contribution >= 0.6 is 11.3 Å². The Morgan fingerprint density at radius 2 is 2.08 bits per heavy atom. The van der Waals surface area contributed by atoms with Gasteiger partial charge in [0, 0.05) is 18.8 Å². The van der Waals surface area contributed by atoms with Crippen LogP contribution in [0.4, 0.5) is 5.13 Å². The molecule has 124 valence electrons. The fourth-order valence-corrected chi connectivity index (χ4v) is 4.35. The van der Waals surface area contributed by atoms with Crippen molar-refractivity contribution >= 4 is 16.5 Å². The van der Waals surface area contributed by atoms with Crippen molar-refractivity contribution in [1.29, 1.82) is 0 Å². The fraction of sp³-hybridized carbons (Fsp3) is 0.389. The Morgan fingerprint density at radius 1 is 1.25 bits per heavy atom. The van der Waals surface area contributed by atoms with Crippen LogP contribution in [0.1, 0.15) is 40.3 Å². The van der Waals surface area contributed by atoms with Crippen LogP contribution in [0.5, 0.6) is 0 Å². The molecule has 24 heavy (non-hydrogen) atoms. The highest BCUT2D eigenvalue weighted by molar-refractivity contribution is 7.15. The van der Waals surface area contributed by atoms with Gasteiger partial charge in [-0.3, -0.25) is 0 Å². The van der Waals surface area contributed by atoms with Crippen molar-refractivity contribution in [1.82, 2.24) is 15.2 Å². The van der Waals surface area contributed by atoms with Gasteiger partial charge in [-0.05, 0) is 30.7 Å². The number of aryl methyl sites for hydroxylation is 2. The lowest BCUT2D eigenvalue weighted by molar-refractivity contribution is 0.466. The average molecular weight is 340 g/mol. The first-order valence-corrected chi connectivity index (χ1v) is 9.04. The summed E-state index contributed by atoms with van der Waals surface area (Å²) in [5.74, 6) is 1.84. The molecule has 0 aliphatic heterocycles. The zero-order chi connectivity index (χ0) is 16.5. The first kappa shape index (κ1) is 15.3. The van der Waals surface area contributed by atoms with Gasteiger partial charge in [0.2, 0.25) is 11.8 Å². The maximum Gasteiger partial charge on any atom is 0.235 e. The summed E-state index contributed by atoms with van der Waals surface area (Å²) in [7, 11) is 2.03. The van der Waals surface area contributed by atoms with Crippen LogP contribution in [0.3, 0.4) is 0 Å². The largest absolute Gasteiger partial charge is 0.424 e. The Bertz CT molecular complexity index is 827. The molecule has 0 saturated heterocycles. The van der Waals surface area contributed by atoms with Crippen LogP contribution in [0.15, 0.2) is 34.7 Å². The minimum Gasteiger partial charge on any atom is -0.424 e. The Labute approximate surface area is 145 Å². The van der Waals surface area contributed by atoms with E-state index < -0.39 is 0 Å². The molecule has 4 rings (SSSR count). The first-order chi connectivity index (χ1) is 11.7. The van der Waals surface area contributed by atoms with Crippen molar-refractivity contribution in [2.24, 2.45) is 0 Å². The van der Waals surface area contributed by atoms with Crippen LogP contribution < -0.4 is 4.90 Å². The lowest BCUT2D eigenvalue weighted by atomic mass is 9.85. The minimum absolute atomic E-state index is 0.593. The summed E-state index contributed by atoms with van der Waals surface area (Å²) in [5, 5.41) is 8.98. The highest BCUT2D eigenvalue weighted by Gasteiger charge is 2.24. The molecule has 0 radical (unpaired) electrons. The molecule has 0 saturated carbocycles. The number of rotatable bonds is 4. The third-order valence-corrected chi connectivity index (χ3v) is 5.70. The topological polar surface area (TPSA) is 55.1 Å². The van der Waals surface area contributed by atoms with E-state index in [0.29, 0.717) is 24.2 Å². The smallest absolute Gasteiger partial charge is 0.235 e. The Kier molecular flexibility index (Phi) is 4.06. The fourth-order valence-electron chi connectivity index (χ4n) is 3.21. The normalized spacial score (nSPS) is 16.8. The Morgan fingerprint density at radius 3 is 2.83 bits per heavy atom. The molecule has 0 amide bonds. The van der Waals surface area contributed by atoms with Crippen molar-refractivity contribution in [3.8, 4) is 0 Å². The predicted molar refractivity (Wildman–Crippen MR) is 94.5 cm³/mol. The summed E-state index contributed by atoms with van der Waals surface area (Å²) < 4.78 is 5.47. The number of anilines is 1. The molecule has 3 aromatic rings. The molecule has 5 nitrogen and oxygen atoms in total. The maximum absolute atomic E-state index is 5.47. The minimum atomic E-state index is 0.593. The van der Waals surface area contributed by atoms with Crippen molar-refractivity contribution in [3.05, 3.63) is 58.2 Å². The zero-order valence-electron chi connectivity index (χ0n) is 13.9. The van der Waals surface area contributed by atoms with Crippen molar-refractivity contribution in [2.45, 2.75) is 38.6 Å². The van der Waals surface area contributed by atoms with Crippen LogP contribution in [0.25, 0.3) is 0 Å². The zero-order valence-corrected chi connectivity index (χ0v) is 14.7. The monoisotopic (exact) mass is 340 g/mol. The number of thiazole rings is 1. The van der Waals surface area contributed by atoms with E-state index in [2.05, 4.69) is 45.4 Å². The van der Waals surface area contributed by atoms with Crippen LogP contribution in [-0.2, 0) is 19.4 Å². The van der Waals surface area contributed by atoms with E-state index in [-0.39, 0.29) is 0 Å². The van der Waals surface area contributed by atoms with Crippen LogP contribution in [-0.4, -0.2) is 22.2 Å². The summed E-state index contributed by atoms with van der Waals surface area (Å²) in [4.78, 5) is 8.34. The summed E-state index contributed by atoms with van der Waals surface area (Å²) in [6.07, 6.45) is 3.32. The van der Waals surface area contributed by atoms with Gasteiger partial charge < -0.3 is 9.32 Å². The van der Waals surface area contributed by atoms with Gasteiger partial charge in [-0.15, -0.1) is 21.5 Å². The molecular weight excluding hydrogens is 320 g/mol. The second-order valence-electron chi connectivity index (χ2n) is 6.29. The number of hydrogen-bond acceptors (Lipinski definition) is 6. The van der Waals surface area contributed by atoms with Crippen LogP contribution in [0.2, 0.25) is 0 Å². The van der Waals surface area contributed by atoms with Gasteiger partial charge in [-0.1, -0.05) is 30.3 Å². The van der Waals surface area contributed by atoms with Gasteiger partial charge in [0.1, 0.15) is 0 Å². The van der Waals surface area contributed by atoms with E-state index in [1.165, 1.54) is 22.6 Å². The lowest BCUT2D eigenvalue weighted by Gasteiger charge is -2.21. The van der Waals surface area contributed by atoms with Crippen molar-refractivity contribution < 1.29 is 4.42 Å². The summed E-state index contributed by atoms with van der Waals surface area (Å²) in [6.45, 7) is 2.40. The van der Waals surface area contributed by atoms with E-state index in [4.69, 9.17) is 9.40 Å². The number of benzene rings is 1. The number of fused-ring (bicyclic) bond motifs is 1. The van der Waals surface area contributed by atoms with Gasteiger partial charge in [-0.2, -0.15) is 0 Å². The number of hydrogen-bond donors (Lipinski definition) is 0. The van der Waals surface area contributed by atoms with Gasteiger partial charge in [0.05, 0.1) is 12.2 Å². The Hall–Kier alpha value is -2.21. The second kappa shape index (κ2) is 6.36. The molecule has 2 heterocycles. The molecule has 0 N–H and O–H groups in total. The molecule has 0 spiro atoms. The first-order valence-electron chi connectivity index (χ1n) is 8.22. The molecule has 1 aliphatic rings. The SMILES string of the molecule is Cc1nnc(CN(C)c2nc3c(s2)C[C@@H](c2ccccc2)CC3)o1. The van der Waals surface area contributed by atoms with Gasteiger partial charge in [0.25, 0.3) is 0 Å². The van der Waals surface area contributed by atoms with E-state index in [1.54, 1.807) is 11.3 Å². The van der Waals surface area contributed by atoms with Gasteiger partial charge >= 0.3 is 0 Å². The molecule has 1 aromatic carbocycles. The molecule has 1 aliphatic carbocycles. The van der Waals surface area contributed by atoms with Crippen molar-refractivity contribution in [2.75, 3.05) is 11.9 Å². The predicted octanol–water partition coefficient (Wildman–Crippen LogP) is 3.74. The van der Waals surface area contributed by atoms with Crippen LogP contribution in [0, 0.1) is 6.92 Å². The number of nitrogens with zero attached hydrogens (tertiary/aromatic N) is 4. The third-order valence-electron chi connectivity index (χ3n) is 4.47. The lowest BCUT2D eigenvalue weighted by Crippen LogP contribution is -2.16. The molecule has 1 atom stereocenters. The van der Waals surface area contributed by atoms with Crippen molar-refractivity contribution in [3.63, 3.8) is 0 Å². The highest BCUT2D eigenvalue weighted by atomic mass is 32.1. The van der Waals surface area contributed by atoms with Gasteiger partial charge in [0.15, 0.2) is 5.13 Å². The maximum atomic E-state index is 5.47. The number of aromatic nitrogens is 3. The summed E-state index contributed by atoms with van der Waals surface area (Å²) >= 11 is 1.79. The quantitative estimate of drug-likeness (QED) is 0.724. The molecule has 2 aromatic heterocycles. The average Bonchev–Trinajstić information content (AvgIpc) is 3.21. The molecule has 0 bridgehead atoms. The standard InChI is InChI=1S/C18H20N4OS/c1-12-20-21-17(23-12)11-22(2)18-19-15-9-8-14(10-16(15)24-18)13-6-4-3-5-7-13/h3-7,14H,8-11H2,1-2H3/t14-/m0/s1.